The number of hydrogen-bond acceptors (Lipinski definition) is 3. The Balaban J connectivity index is 5.76. The molecule has 3 nitrogen and oxygen atoms in total. The van der Waals surface area contributed by atoms with Crippen molar-refractivity contribution >= 4 is 30.8 Å². The van der Waals surface area contributed by atoms with E-state index in [1.54, 1.807) is 0 Å². The monoisotopic (exact) mass is 574 g/mol. The highest BCUT2D eigenvalue weighted by atomic mass is 32.2. The maximum Gasteiger partial charge on any atom is 0.100 e. The summed E-state index contributed by atoms with van der Waals surface area (Å²) in [6, 6.07) is 0. The fourth-order valence-corrected chi connectivity index (χ4v) is 5.20. The summed E-state index contributed by atoms with van der Waals surface area (Å²) in [4.78, 5) is 2.13. The molecule has 0 aromatic heterocycles. The Labute approximate surface area is 241 Å². The summed E-state index contributed by atoms with van der Waals surface area (Å²) < 4.78 is 32.0. The second-order valence-electron chi connectivity index (χ2n) is 12.3. The van der Waals surface area contributed by atoms with Crippen molar-refractivity contribution < 1.29 is 13.2 Å². The van der Waals surface area contributed by atoms with E-state index in [4.69, 9.17) is 4.74 Å². The summed E-state index contributed by atoms with van der Waals surface area (Å²) in [7, 11) is -4.98. The van der Waals surface area contributed by atoms with Gasteiger partial charge in [-0.15, -0.1) is 0 Å². The van der Waals surface area contributed by atoms with Gasteiger partial charge < -0.3 is 4.74 Å². The maximum atomic E-state index is 13.5. The van der Waals surface area contributed by atoms with E-state index in [1.807, 2.05) is 112 Å². The second kappa shape index (κ2) is 14.4. The molecule has 0 aliphatic rings. The maximum absolute atomic E-state index is 13.5. The number of ether oxygens (including phenoxy) is 1. The van der Waals surface area contributed by atoms with Gasteiger partial charge >= 0.3 is 0 Å². The van der Waals surface area contributed by atoms with Gasteiger partial charge in [0.1, 0.15) is 11.5 Å². The minimum Gasteiger partial charge on any atom is -0.467 e. The summed E-state index contributed by atoms with van der Waals surface area (Å²) >= 11 is 0. The predicted octanol–water partition coefficient (Wildman–Crippen LogP) is 9.64. The molecule has 0 amide bonds. The van der Waals surface area contributed by atoms with E-state index in [0.717, 1.165) is 21.8 Å². The Bertz CT molecular complexity index is 1350. The fourth-order valence-electron chi connectivity index (χ4n) is 2.86. The number of allylic oxidation sites excluding steroid dienone is 16. The van der Waals surface area contributed by atoms with Gasteiger partial charge in [0.15, 0.2) is 0 Å². The standard InChI is InChI=1S/C34H54O3S2/c1-25(26(2)18-23-32(8)39(16,36)34(12,13)14)17-22-30(6)38(15,35)31(7)24-21-29(5)37-28(4)20-19-27(3)33(9,10)11/h17-24H,15-16H2,1-14H3. The van der Waals surface area contributed by atoms with Crippen molar-refractivity contribution in [2.75, 3.05) is 0 Å². The van der Waals surface area contributed by atoms with Crippen LogP contribution in [-0.2, 0) is 23.8 Å². The van der Waals surface area contributed by atoms with Crippen LogP contribution in [0.5, 0.6) is 0 Å². The molecule has 39 heavy (non-hydrogen) atoms. The third-order valence-corrected chi connectivity index (χ3v) is 12.4. The molecule has 0 aliphatic carbocycles. The van der Waals surface area contributed by atoms with E-state index in [1.165, 1.54) is 5.57 Å². The largest absolute Gasteiger partial charge is 0.467 e. The highest BCUT2D eigenvalue weighted by Gasteiger charge is 2.24. The molecule has 5 heteroatoms. The lowest BCUT2D eigenvalue weighted by atomic mass is 9.87. The molecule has 2 atom stereocenters. The summed E-state index contributed by atoms with van der Waals surface area (Å²) in [6.07, 6.45) is 15.3. The molecule has 0 N–H and O–H groups in total. The first-order valence-corrected chi connectivity index (χ1v) is 16.7. The lowest BCUT2D eigenvalue weighted by Crippen LogP contribution is -2.28. The third-order valence-electron chi connectivity index (χ3n) is 6.93. The van der Waals surface area contributed by atoms with Crippen LogP contribution in [0, 0.1) is 5.41 Å². The fraction of sp³-hybridized carbons (Fsp3) is 0.471. The van der Waals surface area contributed by atoms with E-state index in [2.05, 4.69) is 45.5 Å². The number of hydrogen-bond donors (Lipinski definition) is 0. The van der Waals surface area contributed by atoms with E-state index in [9.17, 15) is 8.42 Å². The van der Waals surface area contributed by atoms with Crippen LogP contribution in [0.2, 0.25) is 0 Å². The molecule has 0 spiro atoms. The molecule has 0 aromatic rings. The zero-order valence-corrected chi connectivity index (χ0v) is 28.7. The average molecular weight is 575 g/mol. The molecular formula is C34H54O3S2. The lowest BCUT2D eigenvalue weighted by Gasteiger charge is -2.24. The average Bonchev–Trinajstić information content (AvgIpc) is 2.80. The molecule has 0 heterocycles. The molecule has 0 saturated carbocycles. The SMILES string of the molecule is C=S(=O)(C(C)=CC=C(C)OC(C)=CC=C(C)C(C)(C)C)C(C)=CC=C(C)C(C)=CC=C(C)S(=C)(=O)C(C)(C)C. The van der Waals surface area contributed by atoms with E-state index < -0.39 is 23.8 Å². The van der Waals surface area contributed by atoms with E-state index >= 15 is 0 Å². The van der Waals surface area contributed by atoms with Gasteiger partial charge in [-0.3, -0.25) is 8.42 Å². The topological polar surface area (TPSA) is 43.4 Å². The van der Waals surface area contributed by atoms with Crippen LogP contribution in [-0.4, -0.2) is 24.9 Å². The van der Waals surface area contributed by atoms with Crippen LogP contribution < -0.4 is 0 Å². The number of rotatable bonds is 10. The summed E-state index contributed by atoms with van der Waals surface area (Å²) in [6.45, 7) is 27.8. The van der Waals surface area contributed by atoms with E-state index in [-0.39, 0.29) is 5.41 Å². The highest BCUT2D eigenvalue weighted by molar-refractivity contribution is 8.07. The van der Waals surface area contributed by atoms with Gasteiger partial charge in [-0.25, -0.2) is 0 Å². The molecule has 0 radical (unpaired) electrons. The second-order valence-corrected chi connectivity index (χ2v) is 18.1. The van der Waals surface area contributed by atoms with Gasteiger partial charge in [0.2, 0.25) is 0 Å². The van der Waals surface area contributed by atoms with Crippen LogP contribution in [0.4, 0.5) is 0 Å². The van der Waals surface area contributed by atoms with E-state index in [0.29, 0.717) is 15.6 Å². The normalized spacial score (nSPS) is 19.5. The van der Waals surface area contributed by atoms with Crippen LogP contribution in [0.3, 0.4) is 0 Å². The Morgan fingerprint density at radius 3 is 1.31 bits per heavy atom. The first kappa shape index (κ1) is 36.8. The molecule has 0 bridgehead atoms. The summed E-state index contributed by atoms with van der Waals surface area (Å²) in [5, 5.41) is 0. The molecule has 0 fully saturated rings. The lowest BCUT2D eigenvalue weighted by molar-refractivity contribution is 0.309. The van der Waals surface area contributed by atoms with Gasteiger partial charge in [-0.2, -0.15) is 0 Å². The van der Waals surface area contributed by atoms with Gasteiger partial charge in [0.25, 0.3) is 0 Å². The molecule has 0 rings (SSSR count). The molecular weight excluding hydrogens is 521 g/mol. The van der Waals surface area contributed by atoms with Crippen molar-refractivity contribution in [3.8, 4) is 0 Å². The van der Waals surface area contributed by atoms with Crippen molar-refractivity contribution in [2.24, 2.45) is 5.41 Å². The quantitative estimate of drug-likeness (QED) is 0.148. The zero-order chi connectivity index (χ0) is 31.0. The van der Waals surface area contributed by atoms with Gasteiger partial charge in [-0.05, 0) is 132 Å². The summed E-state index contributed by atoms with van der Waals surface area (Å²) in [5.41, 5.74) is 3.43. The highest BCUT2D eigenvalue weighted by Crippen LogP contribution is 2.25. The van der Waals surface area contributed by atoms with Crippen LogP contribution in [0.15, 0.2) is 91.6 Å². The van der Waals surface area contributed by atoms with Crippen LogP contribution in [0.1, 0.15) is 96.9 Å². The molecule has 0 saturated heterocycles. The molecule has 220 valence electrons. The van der Waals surface area contributed by atoms with Crippen molar-refractivity contribution in [2.45, 2.75) is 102 Å². The Kier molecular flexibility index (Phi) is 13.6. The van der Waals surface area contributed by atoms with Crippen molar-refractivity contribution in [1.82, 2.24) is 0 Å². The van der Waals surface area contributed by atoms with Gasteiger partial charge in [0, 0.05) is 29.0 Å². The van der Waals surface area contributed by atoms with Crippen molar-refractivity contribution in [1.29, 1.82) is 0 Å². The Hall–Kier alpha value is -2.24. The van der Waals surface area contributed by atoms with Crippen molar-refractivity contribution in [3.63, 3.8) is 0 Å². The first-order chi connectivity index (χ1) is 17.4. The zero-order valence-electron chi connectivity index (χ0n) is 27.1. The Morgan fingerprint density at radius 1 is 0.564 bits per heavy atom. The van der Waals surface area contributed by atoms with Gasteiger partial charge in [0.05, 0.1) is 0 Å². The first-order valence-electron chi connectivity index (χ1n) is 13.3. The third kappa shape index (κ3) is 11.8. The summed E-state index contributed by atoms with van der Waals surface area (Å²) in [5.74, 6) is 9.49. The van der Waals surface area contributed by atoms with Crippen LogP contribution in [0.25, 0.3) is 0 Å². The minimum absolute atomic E-state index is 0.116. The smallest absolute Gasteiger partial charge is 0.100 e. The van der Waals surface area contributed by atoms with Gasteiger partial charge in [-0.1, -0.05) is 56.7 Å². The molecule has 0 aromatic carbocycles. The molecule has 2 unspecified atom stereocenters. The minimum atomic E-state index is -2.61. The van der Waals surface area contributed by atoms with Crippen molar-refractivity contribution in [3.05, 3.63) is 91.6 Å². The Morgan fingerprint density at radius 2 is 0.923 bits per heavy atom. The molecule has 0 aliphatic heterocycles. The van der Waals surface area contributed by atoms with Crippen LogP contribution >= 0.6 is 0 Å². The predicted molar refractivity (Wildman–Crippen MR) is 181 cm³/mol.